The van der Waals surface area contributed by atoms with Crippen LogP contribution in [0.25, 0.3) is 5.65 Å². The number of fused-ring (bicyclic) bond motifs is 1. The largest absolute Gasteiger partial charge is 0.376 e. The van der Waals surface area contributed by atoms with Gasteiger partial charge in [-0.25, -0.2) is 4.98 Å². The van der Waals surface area contributed by atoms with E-state index in [0.717, 1.165) is 12.8 Å². The van der Waals surface area contributed by atoms with E-state index in [1.165, 1.54) is 10.6 Å². The average molecular weight is 272 g/mol. The van der Waals surface area contributed by atoms with Crippen LogP contribution in [0.1, 0.15) is 12.8 Å². The van der Waals surface area contributed by atoms with E-state index >= 15 is 0 Å². The van der Waals surface area contributed by atoms with E-state index in [9.17, 15) is 14.9 Å². The normalized spacial score (nSPS) is 14.8. The minimum atomic E-state index is -0.681. The molecule has 1 N–H and O–H groups in total. The number of hydrogen-bond acceptors (Lipinski definition) is 5. The Balaban J connectivity index is 2.15. The Morgan fingerprint density at radius 1 is 1.35 bits per heavy atom. The highest BCUT2D eigenvalue weighted by Crippen LogP contribution is 2.22. The maximum atomic E-state index is 12.2. The van der Waals surface area contributed by atoms with Crippen molar-refractivity contribution in [3.63, 3.8) is 0 Å². The van der Waals surface area contributed by atoms with Crippen LogP contribution in [0.2, 0.25) is 0 Å². The molecule has 0 spiro atoms. The Morgan fingerprint density at radius 2 is 2.10 bits per heavy atom. The van der Waals surface area contributed by atoms with Crippen LogP contribution in [0.4, 0.5) is 11.5 Å². The highest BCUT2D eigenvalue weighted by atomic mass is 16.6. The third kappa shape index (κ3) is 2.03. The van der Waals surface area contributed by atoms with Gasteiger partial charge in [-0.1, -0.05) is 18.2 Å². The smallest absolute Gasteiger partial charge is 0.361 e. The second-order valence-electron chi connectivity index (χ2n) is 4.58. The molecule has 0 saturated carbocycles. The molecule has 0 bridgehead atoms. The van der Waals surface area contributed by atoms with Gasteiger partial charge in [0.15, 0.2) is 0 Å². The summed E-state index contributed by atoms with van der Waals surface area (Å²) in [5.41, 5.74) is -0.800. The maximum absolute atomic E-state index is 12.2. The van der Waals surface area contributed by atoms with Crippen molar-refractivity contribution < 1.29 is 4.92 Å². The van der Waals surface area contributed by atoms with E-state index in [-0.39, 0.29) is 11.9 Å². The van der Waals surface area contributed by atoms with Gasteiger partial charge in [-0.3, -0.25) is 19.3 Å². The summed E-state index contributed by atoms with van der Waals surface area (Å²) >= 11 is 0. The number of nitro groups is 1. The van der Waals surface area contributed by atoms with Crippen molar-refractivity contribution in [3.05, 3.63) is 57.0 Å². The molecule has 7 nitrogen and oxygen atoms in total. The predicted octanol–water partition coefficient (Wildman–Crippen LogP) is 1.73. The SMILES string of the molecule is O=c1c([N+](=O)[O-])c(NC2CC=CC2)nc2ccccn12. The molecule has 0 fully saturated rings. The number of aromatic nitrogens is 2. The van der Waals surface area contributed by atoms with Crippen molar-refractivity contribution in [2.24, 2.45) is 0 Å². The number of pyridine rings is 1. The molecule has 0 amide bonds. The lowest BCUT2D eigenvalue weighted by atomic mass is 10.2. The lowest BCUT2D eigenvalue weighted by molar-refractivity contribution is -0.385. The third-order valence-electron chi connectivity index (χ3n) is 3.24. The highest BCUT2D eigenvalue weighted by molar-refractivity contribution is 5.60. The van der Waals surface area contributed by atoms with Crippen molar-refractivity contribution in [1.29, 1.82) is 0 Å². The molecule has 0 radical (unpaired) electrons. The fraction of sp³-hybridized carbons (Fsp3) is 0.231. The van der Waals surface area contributed by atoms with Gasteiger partial charge >= 0.3 is 11.2 Å². The molecule has 1 aliphatic rings. The highest BCUT2D eigenvalue weighted by Gasteiger charge is 2.25. The lowest BCUT2D eigenvalue weighted by Gasteiger charge is -2.13. The van der Waals surface area contributed by atoms with Crippen molar-refractivity contribution in [2.75, 3.05) is 5.32 Å². The first-order valence-corrected chi connectivity index (χ1v) is 6.24. The Kier molecular flexibility index (Phi) is 2.94. The van der Waals surface area contributed by atoms with Crippen LogP contribution in [0.3, 0.4) is 0 Å². The Labute approximate surface area is 113 Å². The second-order valence-corrected chi connectivity index (χ2v) is 4.58. The average Bonchev–Trinajstić information content (AvgIpc) is 2.91. The van der Waals surface area contributed by atoms with Crippen molar-refractivity contribution in [1.82, 2.24) is 9.38 Å². The Hall–Kier alpha value is -2.70. The van der Waals surface area contributed by atoms with Gasteiger partial charge in [0.25, 0.3) is 0 Å². The van der Waals surface area contributed by atoms with Gasteiger partial charge in [0.1, 0.15) is 5.65 Å². The molecule has 1 aliphatic carbocycles. The van der Waals surface area contributed by atoms with Crippen LogP contribution in [0.15, 0.2) is 41.3 Å². The first-order chi connectivity index (χ1) is 9.66. The molecular weight excluding hydrogens is 260 g/mol. The van der Waals surface area contributed by atoms with E-state index < -0.39 is 16.2 Å². The van der Waals surface area contributed by atoms with Gasteiger partial charge in [-0.2, -0.15) is 0 Å². The summed E-state index contributed by atoms with van der Waals surface area (Å²) in [5.74, 6) is 0.0416. The number of nitrogens with zero attached hydrogens (tertiary/aromatic N) is 3. The van der Waals surface area contributed by atoms with Gasteiger partial charge in [0, 0.05) is 12.2 Å². The van der Waals surface area contributed by atoms with Crippen molar-refractivity contribution in [3.8, 4) is 0 Å². The van der Waals surface area contributed by atoms with Gasteiger partial charge in [0.05, 0.1) is 4.92 Å². The molecule has 0 aliphatic heterocycles. The molecule has 0 saturated heterocycles. The molecule has 7 heteroatoms. The summed E-state index contributed by atoms with van der Waals surface area (Å²) in [6, 6.07) is 5.05. The van der Waals surface area contributed by atoms with Crippen LogP contribution in [-0.4, -0.2) is 20.3 Å². The topological polar surface area (TPSA) is 89.5 Å². The molecular formula is C13H12N4O3. The lowest BCUT2D eigenvalue weighted by Crippen LogP contribution is -2.24. The van der Waals surface area contributed by atoms with Crippen LogP contribution in [0.5, 0.6) is 0 Å². The second kappa shape index (κ2) is 4.76. The van der Waals surface area contributed by atoms with Crippen LogP contribution < -0.4 is 10.9 Å². The van der Waals surface area contributed by atoms with Crippen molar-refractivity contribution in [2.45, 2.75) is 18.9 Å². The summed E-state index contributed by atoms with van der Waals surface area (Å²) in [7, 11) is 0. The summed E-state index contributed by atoms with van der Waals surface area (Å²) in [4.78, 5) is 26.9. The molecule has 0 unspecified atom stereocenters. The van der Waals surface area contributed by atoms with Gasteiger partial charge in [0.2, 0.25) is 5.82 Å². The molecule has 2 aromatic heterocycles. The fourth-order valence-corrected chi connectivity index (χ4v) is 2.27. The maximum Gasteiger partial charge on any atom is 0.376 e. The standard InChI is InChI=1S/C13H12N4O3/c18-13-11(17(19)20)12(14-9-5-1-2-6-9)15-10-7-3-4-8-16(10)13/h1-4,7-9,14H,5-6H2. The molecule has 3 rings (SSSR count). The van der Waals surface area contributed by atoms with E-state index in [1.807, 2.05) is 12.2 Å². The fourth-order valence-electron chi connectivity index (χ4n) is 2.27. The zero-order valence-electron chi connectivity index (χ0n) is 10.5. The molecule has 20 heavy (non-hydrogen) atoms. The van der Waals surface area contributed by atoms with Crippen molar-refractivity contribution >= 4 is 17.2 Å². The summed E-state index contributed by atoms with van der Waals surface area (Å²) in [6.07, 6.45) is 7.01. The summed E-state index contributed by atoms with van der Waals surface area (Å²) in [6.45, 7) is 0. The molecule has 102 valence electrons. The van der Waals surface area contributed by atoms with Crippen LogP contribution >= 0.6 is 0 Å². The molecule has 2 heterocycles. The Morgan fingerprint density at radius 3 is 2.80 bits per heavy atom. The van der Waals surface area contributed by atoms with E-state index in [4.69, 9.17) is 0 Å². The summed E-state index contributed by atoms with van der Waals surface area (Å²) in [5, 5.41) is 14.2. The summed E-state index contributed by atoms with van der Waals surface area (Å²) < 4.78 is 1.18. The van der Waals surface area contributed by atoms with Gasteiger partial charge in [-0.15, -0.1) is 0 Å². The predicted molar refractivity (Wildman–Crippen MR) is 73.9 cm³/mol. The zero-order valence-corrected chi connectivity index (χ0v) is 10.5. The monoisotopic (exact) mass is 272 g/mol. The minimum Gasteiger partial charge on any atom is -0.361 e. The number of nitrogens with one attached hydrogen (secondary N) is 1. The molecule has 0 atom stereocenters. The number of anilines is 1. The number of rotatable bonds is 3. The van der Waals surface area contributed by atoms with E-state index in [0.29, 0.717) is 5.65 Å². The third-order valence-corrected chi connectivity index (χ3v) is 3.24. The molecule has 2 aromatic rings. The first-order valence-electron chi connectivity index (χ1n) is 6.24. The quantitative estimate of drug-likeness (QED) is 0.522. The van der Waals surface area contributed by atoms with Gasteiger partial charge in [-0.05, 0) is 25.0 Å². The van der Waals surface area contributed by atoms with Crippen LogP contribution in [0, 0.1) is 10.1 Å². The van der Waals surface area contributed by atoms with E-state index in [1.54, 1.807) is 18.2 Å². The number of hydrogen-bond donors (Lipinski definition) is 1. The van der Waals surface area contributed by atoms with Crippen LogP contribution in [-0.2, 0) is 0 Å². The molecule has 0 aromatic carbocycles. The minimum absolute atomic E-state index is 0.0416. The zero-order chi connectivity index (χ0) is 14.1. The van der Waals surface area contributed by atoms with E-state index in [2.05, 4.69) is 10.3 Å². The first kappa shape index (κ1) is 12.3. The Bertz CT molecular complexity index is 758. The van der Waals surface area contributed by atoms with Gasteiger partial charge < -0.3 is 5.32 Å².